The van der Waals surface area contributed by atoms with E-state index in [4.69, 9.17) is 10.00 Å². The van der Waals surface area contributed by atoms with Crippen LogP contribution in [0, 0.1) is 21.4 Å². The first-order valence-corrected chi connectivity index (χ1v) is 7.06. The molecule has 0 saturated heterocycles. The average molecular weight is 303 g/mol. The summed E-state index contributed by atoms with van der Waals surface area (Å²) in [5, 5.41) is 23.3. The normalized spacial score (nSPS) is 15.8. The highest BCUT2D eigenvalue weighted by atomic mass is 16.6. The number of benzene rings is 1. The Hall–Kier alpha value is -2.62. The molecule has 2 rings (SSSR count). The van der Waals surface area contributed by atoms with E-state index in [2.05, 4.69) is 5.32 Å². The van der Waals surface area contributed by atoms with Crippen LogP contribution in [0.25, 0.3) is 0 Å². The molecule has 1 saturated carbocycles. The lowest BCUT2D eigenvalue weighted by molar-refractivity contribution is -0.384. The van der Waals surface area contributed by atoms with Gasteiger partial charge in [0.05, 0.1) is 22.1 Å². The monoisotopic (exact) mass is 303 g/mol. The summed E-state index contributed by atoms with van der Waals surface area (Å²) in [6.07, 6.45) is 3.49. The Labute approximate surface area is 128 Å². The quantitative estimate of drug-likeness (QED) is 0.509. The molecule has 1 aliphatic rings. The first-order chi connectivity index (χ1) is 10.5. The van der Waals surface area contributed by atoms with E-state index in [9.17, 15) is 14.9 Å². The van der Waals surface area contributed by atoms with Crippen LogP contribution in [0.2, 0.25) is 0 Å². The number of hydrogen-bond donors (Lipinski definition) is 1. The second-order valence-corrected chi connectivity index (χ2v) is 5.49. The largest absolute Gasteiger partial charge is 0.463 e. The van der Waals surface area contributed by atoms with E-state index in [0.717, 1.165) is 25.7 Å². The van der Waals surface area contributed by atoms with Crippen molar-refractivity contribution in [2.45, 2.75) is 38.1 Å². The van der Waals surface area contributed by atoms with Gasteiger partial charge < -0.3 is 10.1 Å². The second kappa shape index (κ2) is 6.43. The Morgan fingerprint density at radius 2 is 2.18 bits per heavy atom. The number of nitrogens with zero attached hydrogens (tertiary/aromatic N) is 2. The van der Waals surface area contributed by atoms with E-state index in [1.54, 1.807) is 0 Å². The van der Waals surface area contributed by atoms with Gasteiger partial charge in [0, 0.05) is 13.0 Å². The number of carbonyl (C=O) groups excluding carboxylic acids is 1. The fraction of sp³-hybridized carbons (Fsp3) is 0.467. The summed E-state index contributed by atoms with van der Waals surface area (Å²) in [7, 11) is 0. The molecular formula is C15H17N3O4. The van der Waals surface area contributed by atoms with Crippen molar-refractivity contribution in [3.05, 3.63) is 33.9 Å². The van der Waals surface area contributed by atoms with E-state index in [1.807, 2.05) is 6.07 Å². The topological polar surface area (TPSA) is 105 Å². The molecule has 0 heterocycles. The van der Waals surface area contributed by atoms with Crippen molar-refractivity contribution >= 4 is 17.3 Å². The molecule has 0 unspecified atom stereocenters. The first kappa shape index (κ1) is 15.8. The third-order valence-electron chi connectivity index (χ3n) is 3.84. The highest BCUT2D eigenvalue weighted by Gasteiger charge is 2.36. The number of esters is 1. The molecule has 1 N–H and O–H groups in total. The van der Waals surface area contributed by atoms with Crippen LogP contribution in [0.15, 0.2) is 18.2 Å². The Bertz CT molecular complexity index is 630. The molecule has 0 spiro atoms. The van der Waals surface area contributed by atoms with Gasteiger partial charge in [-0.05, 0) is 25.0 Å². The van der Waals surface area contributed by atoms with Crippen molar-refractivity contribution in [3.8, 4) is 6.07 Å². The Morgan fingerprint density at radius 1 is 1.50 bits per heavy atom. The lowest BCUT2D eigenvalue weighted by atomic mass is 9.97. The molecule has 1 aliphatic carbocycles. The summed E-state index contributed by atoms with van der Waals surface area (Å²) >= 11 is 0. The molecule has 1 aromatic carbocycles. The van der Waals surface area contributed by atoms with Crippen molar-refractivity contribution in [3.63, 3.8) is 0 Å². The Morgan fingerprint density at radius 3 is 2.73 bits per heavy atom. The van der Waals surface area contributed by atoms with E-state index in [1.165, 1.54) is 25.1 Å². The van der Waals surface area contributed by atoms with Crippen molar-refractivity contribution in [2.75, 3.05) is 11.9 Å². The summed E-state index contributed by atoms with van der Waals surface area (Å²) in [5.74, 6) is -0.373. The molecule has 22 heavy (non-hydrogen) atoms. The van der Waals surface area contributed by atoms with Crippen molar-refractivity contribution < 1.29 is 14.5 Å². The number of hydrogen-bond acceptors (Lipinski definition) is 6. The molecule has 7 heteroatoms. The number of nitro groups is 1. The molecule has 0 radical (unpaired) electrons. The molecule has 0 aromatic heterocycles. The first-order valence-electron chi connectivity index (χ1n) is 7.06. The molecule has 0 aliphatic heterocycles. The third-order valence-corrected chi connectivity index (χ3v) is 3.84. The van der Waals surface area contributed by atoms with Crippen LogP contribution in [0.1, 0.15) is 38.2 Å². The molecule has 1 aromatic rings. The zero-order valence-electron chi connectivity index (χ0n) is 12.3. The Kier molecular flexibility index (Phi) is 4.61. The van der Waals surface area contributed by atoms with Crippen LogP contribution in [0.3, 0.4) is 0 Å². The number of anilines is 1. The van der Waals surface area contributed by atoms with Crippen LogP contribution in [0.4, 0.5) is 11.4 Å². The van der Waals surface area contributed by atoms with E-state index < -0.39 is 10.5 Å². The number of nitriles is 1. The van der Waals surface area contributed by atoms with Gasteiger partial charge in [-0.1, -0.05) is 12.8 Å². The van der Waals surface area contributed by atoms with Gasteiger partial charge in [-0.25, -0.2) is 0 Å². The van der Waals surface area contributed by atoms with Gasteiger partial charge in [0.15, 0.2) is 0 Å². The lowest BCUT2D eigenvalue weighted by Gasteiger charge is -2.30. The summed E-state index contributed by atoms with van der Waals surface area (Å²) in [5.41, 5.74) is -0.0474. The predicted molar refractivity (Wildman–Crippen MR) is 79.3 cm³/mol. The number of nitrogens with one attached hydrogen (secondary N) is 1. The number of ether oxygens (including phenoxy) is 1. The van der Waals surface area contributed by atoms with Gasteiger partial charge in [0.25, 0.3) is 5.69 Å². The smallest absolute Gasteiger partial charge is 0.302 e. The summed E-state index contributed by atoms with van der Waals surface area (Å²) in [4.78, 5) is 21.7. The maximum Gasteiger partial charge on any atom is 0.302 e. The summed E-state index contributed by atoms with van der Waals surface area (Å²) in [6, 6.07) is 6.20. The summed E-state index contributed by atoms with van der Waals surface area (Å²) < 4.78 is 5.12. The molecule has 0 bridgehead atoms. The van der Waals surface area contributed by atoms with Crippen LogP contribution < -0.4 is 5.32 Å². The molecule has 7 nitrogen and oxygen atoms in total. The third kappa shape index (κ3) is 3.52. The molecule has 0 atom stereocenters. The zero-order chi connectivity index (χ0) is 16.2. The molecule has 116 valence electrons. The summed E-state index contributed by atoms with van der Waals surface area (Å²) in [6.45, 7) is 1.52. The van der Waals surface area contributed by atoms with Gasteiger partial charge in [0.1, 0.15) is 12.3 Å². The van der Waals surface area contributed by atoms with E-state index in [-0.39, 0.29) is 23.8 Å². The fourth-order valence-electron chi connectivity index (χ4n) is 2.74. The fourth-order valence-corrected chi connectivity index (χ4v) is 2.74. The van der Waals surface area contributed by atoms with Crippen molar-refractivity contribution in [1.82, 2.24) is 0 Å². The maximum absolute atomic E-state index is 11.2. The van der Waals surface area contributed by atoms with Crippen LogP contribution in [-0.2, 0) is 9.53 Å². The second-order valence-electron chi connectivity index (χ2n) is 5.49. The minimum atomic E-state index is -0.516. The highest BCUT2D eigenvalue weighted by Crippen LogP contribution is 2.36. The SMILES string of the molecule is CC(=O)OCC1(Nc2ccc(C#N)cc2[N+](=O)[O-])CCCC1. The van der Waals surface area contributed by atoms with Gasteiger partial charge in [-0.2, -0.15) is 5.26 Å². The van der Waals surface area contributed by atoms with Gasteiger partial charge >= 0.3 is 5.97 Å². The lowest BCUT2D eigenvalue weighted by Crippen LogP contribution is -2.41. The van der Waals surface area contributed by atoms with Gasteiger partial charge in [0.2, 0.25) is 0 Å². The van der Waals surface area contributed by atoms with Crippen molar-refractivity contribution in [1.29, 1.82) is 5.26 Å². The number of nitro benzene ring substituents is 1. The minimum Gasteiger partial charge on any atom is -0.463 e. The van der Waals surface area contributed by atoms with Crippen LogP contribution >= 0.6 is 0 Å². The zero-order valence-corrected chi connectivity index (χ0v) is 12.3. The van der Waals surface area contributed by atoms with Crippen molar-refractivity contribution in [2.24, 2.45) is 0 Å². The highest BCUT2D eigenvalue weighted by molar-refractivity contribution is 5.67. The van der Waals surface area contributed by atoms with E-state index in [0.29, 0.717) is 5.69 Å². The van der Waals surface area contributed by atoms with Crippen LogP contribution in [0.5, 0.6) is 0 Å². The average Bonchev–Trinajstić information content (AvgIpc) is 2.94. The maximum atomic E-state index is 11.2. The Balaban J connectivity index is 2.28. The number of rotatable bonds is 5. The van der Waals surface area contributed by atoms with Gasteiger partial charge in [-0.15, -0.1) is 0 Å². The number of carbonyl (C=O) groups is 1. The standard InChI is InChI=1S/C15H17N3O4/c1-11(19)22-10-15(6-2-3-7-15)17-13-5-4-12(9-16)8-14(13)18(20)21/h4-5,8,17H,2-3,6-7,10H2,1H3. The van der Waals surface area contributed by atoms with E-state index >= 15 is 0 Å². The van der Waals surface area contributed by atoms with Crippen LogP contribution in [-0.4, -0.2) is 23.0 Å². The minimum absolute atomic E-state index is 0.145. The predicted octanol–water partition coefficient (Wildman–Crippen LogP) is 2.75. The molecule has 1 fully saturated rings. The van der Waals surface area contributed by atoms with Gasteiger partial charge in [-0.3, -0.25) is 14.9 Å². The molecule has 0 amide bonds. The molecular weight excluding hydrogens is 286 g/mol.